The van der Waals surface area contributed by atoms with Gasteiger partial charge in [0.2, 0.25) is 11.9 Å². The summed E-state index contributed by atoms with van der Waals surface area (Å²) in [6.07, 6.45) is 4.90. The van der Waals surface area contributed by atoms with Gasteiger partial charge in [-0.2, -0.15) is 4.98 Å². The number of fused-ring (bicyclic) bond motifs is 1. The van der Waals surface area contributed by atoms with Crippen molar-refractivity contribution in [3.8, 4) is 0 Å². The average Bonchev–Trinajstić information content (AvgIpc) is 3.08. The van der Waals surface area contributed by atoms with Crippen molar-refractivity contribution in [1.82, 2.24) is 19.5 Å². The SMILES string of the molecule is Cc1ccccc1Nc1nc2cnc(NC3CCC(O)CC3)nc2n1C(C)CO. The number of imidazole rings is 1. The first kappa shape index (κ1) is 19.6. The second-order valence-corrected chi connectivity index (χ2v) is 7.83. The van der Waals surface area contributed by atoms with Crippen LogP contribution < -0.4 is 10.6 Å². The summed E-state index contributed by atoms with van der Waals surface area (Å²) in [4.78, 5) is 13.8. The van der Waals surface area contributed by atoms with Crippen molar-refractivity contribution >= 4 is 28.7 Å². The van der Waals surface area contributed by atoms with Gasteiger partial charge in [0.15, 0.2) is 5.65 Å². The molecular weight excluding hydrogens is 368 g/mol. The molecule has 3 aromatic rings. The zero-order valence-corrected chi connectivity index (χ0v) is 16.8. The molecule has 154 valence electrons. The number of hydrogen-bond donors (Lipinski definition) is 4. The second-order valence-electron chi connectivity index (χ2n) is 7.83. The van der Waals surface area contributed by atoms with Gasteiger partial charge in [-0.05, 0) is 51.2 Å². The molecule has 0 aliphatic heterocycles. The molecule has 0 spiro atoms. The molecule has 8 nitrogen and oxygen atoms in total. The fourth-order valence-corrected chi connectivity index (χ4v) is 3.78. The molecule has 1 unspecified atom stereocenters. The van der Waals surface area contributed by atoms with Crippen molar-refractivity contribution < 1.29 is 10.2 Å². The van der Waals surface area contributed by atoms with Crippen molar-refractivity contribution in [2.24, 2.45) is 0 Å². The van der Waals surface area contributed by atoms with E-state index in [1.54, 1.807) is 6.20 Å². The van der Waals surface area contributed by atoms with Gasteiger partial charge in [-0.3, -0.25) is 4.57 Å². The van der Waals surface area contributed by atoms with Gasteiger partial charge in [0.05, 0.1) is 24.9 Å². The molecule has 2 aromatic heterocycles. The summed E-state index contributed by atoms with van der Waals surface area (Å²) in [6, 6.07) is 8.06. The van der Waals surface area contributed by atoms with E-state index in [4.69, 9.17) is 4.98 Å². The van der Waals surface area contributed by atoms with Crippen LogP contribution in [0.1, 0.15) is 44.2 Å². The topological polar surface area (TPSA) is 108 Å². The van der Waals surface area contributed by atoms with Crippen LogP contribution in [0.5, 0.6) is 0 Å². The summed E-state index contributed by atoms with van der Waals surface area (Å²) < 4.78 is 1.92. The minimum absolute atomic E-state index is 0.0266. The number of para-hydroxylation sites is 1. The van der Waals surface area contributed by atoms with Gasteiger partial charge >= 0.3 is 0 Å². The van der Waals surface area contributed by atoms with Gasteiger partial charge < -0.3 is 20.8 Å². The molecule has 1 atom stereocenters. The summed E-state index contributed by atoms with van der Waals surface area (Å²) in [5.41, 5.74) is 3.42. The lowest BCUT2D eigenvalue weighted by atomic mass is 9.93. The fourth-order valence-electron chi connectivity index (χ4n) is 3.78. The Morgan fingerprint density at radius 2 is 1.93 bits per heavy atom. The molecule has 0 saturated heterocycles. The predicted octanol–water partition coefficient (Wildman–Crippen LogP) is 3.15. The number of nitrogens with zero attached hydrogens (tertiary/aromatic N) is 4. The van der Waals surface area contributed by atoms with Crippen molar-refractivity contribution in [3.05, 3.63) is 36.0 Å². The van der Waals surface area contributed by atoms with Crippen LogP contribution in [0.4, 0.5) is 17.6 Å². The van der Waals surface area contributed by atoms with Gasteiger partial charge in [-0.15, -0.1) is 0 Å². The highest BCUT2D eigenvalue weighted by Crippen LogP contribution is 2.28. The lowest BCUT2D eigenvalue weighted by molar-refractivity contribution is 0.126. The van der Waals surface area contributed by atoms with E-state index in [1.165, 1.54) is 0 Å². The Morgan fingerprint density at radius 3 is 2.66 bits per heavy atom. The van der Waals surface area contributed by atoms with Crippen molar-refractivity contribution in [2.75, 3.05) is 17.2 Å². The molecule has 29 heavy (non-hydrogen) atoms. The van der Waals surface area contributed by atoms with Gasteiger partial charge in [-0.25, -0.2) is 9.97 Å². The first-order valence-corrected chi connectivity index (χ1v) is 10.2. The van der Waals surface area contributed by atoms with E-state index in [2.05, 4.69) is 20.6 Å². The molecule has 2 heterocycles. The maximum Gasteiger partial charge on any atom is 0.224 e. The lowest BCUT2D eigenvalue weighted by Crippen LogP contribution is -2.29. The monoisotopic (exact) mass is 396 g/mol. The largest absolute Gasteiger partial charge is 0.394 e. The van der Waals surface area contributed by atoms with E-state index >= 15 is 0 Å². The number of hydrogen-bond acceptors (Lipinski definition) is 7. The molecule has 1 aliphatic rings. The van der Waals surface area contributed by atoms with Crippen LogP contribution in [-0.2, 0) is 0 Å². The quantitative estimate of drug-likeness (QED) is 0.507. The third-order valence-corrected chi connectivity index (χ3v) is 5.56. The van der Waals surface area contributed by atoms with Gasteiger partial charge in [0.25, 0.3) is 0 Å². The Hall–Kier alpha value is -2.71. The molecule has 0 bridgehead atoms. The minimum atomic E-state index is -0.196. The normalized spacial score (nSPS) is 20.6. The van der Waals surface area contributed by atoms with E-state index in [0.717, 1.165) is 36.9 Å². The van der Waals surface area contributed by atoms with Crippen LogP contribution in [0.15, 0.2) is 30.5 Å². The highest BCUT2D eigenvalue weighted by Gasteiger charge is 2.22. The van der Waals surface area contributed by atoms with Gasteiger partial charge in [-0.1, -0.05) is 18.2 Å². The molecule has 1 aliphatic carbocycles. The summed E-state index contributed by atoms with van der Waals surface area (Å²) in [6.45, 7) is 3.94. The van der Waals surface area contributed by atoms with Crippen LogP contribution in [0, 0.1) is 6.92 Å². The number of nitrogens with one attached hydrogen (secondary N) is 2. The second kappa shape index (κ2) is 8.34. The molecule has 1 fully saturated rings. The van der Waals surface area contributed by atoms with Crippen LogP contribution in [0.3, 0.4) is 0 Å². The third kappa shape index (κ3) is 4.18. The molecule has 0 radical (unpaired) electrons. The van der Waals surface area contributed by atoms with E-state index in [-0.39, 0.29) is 24.8 Å². The summed E-state index contributed by atoms with van der Waals surface area (Å²) in [5.74, 6) is 1.18. The number of rotatable bonds is 6. The third-order valence-electron chi connectivity index (χ3n) is 5.56. The maximum atomic E-state index is 9.81. The van der Waals surface area contributed by atoms with E-state index < -0.39 is 0 Å². The summed E-state index contributed by atoms with van der Waals surface area (Å²) in [5, 5.41) is 26.3. The Labute approximate surface area is 170 Å². The standard InChI is InChI=1S/C21H28N6O2/c1-13-5-3-4-6-17(13)24-21-25-18-11-22-20(23-15-7-9-16(29)10-8-15)26-19(18)27(21)14(2)12-28/h3-6,11,14-16,28-29H,7-10,12H2,1-2H3,(H,24,25)(H,22,23,26). The molecule has 4 N–H and O–H groups in total. The number of benzene rings is 1. The zero-order chi connectivity index (χ0) is 20.4. The van der Waals surface area contributed by atoms with Gasteiger partial charge in [0.1, 0.15) is 5.52 Å². The Kier molecular flexibility index (Phi) is 5.64. The molecule has 1 aromatic carbocycles. The van der Waals surface area contributed by atoms with E-state index in [0.29, 0.717) is 23.1 Å². The highest BCUT2D eigenvalue weighted by atomic mass is 16.3. The van der Waals surface area contributed by atoms with Crippen molar-refractivity contribution in [1.29, 1.82) is 0 Å². The van der Waals surface area contributed by atoms with E-state index in [1.807, 2.05) is 42.7 Å². The van der Waals surface area contributed by atoms with Crippen molar-refractivity contribution in [3.63, 3.8) is 0 Å². The highest BCUT2D eigenvalue weighted by molar-refractivity contribution is 5.77. The van der Waals surface area contributed by atoms with Crippen molar-refractivity contribution in [2.45, 2.75) is 57.7 Å². The predicted molar refractivity (Wildman–Crippen MR) is 113 cm³/mol. The first-order chi connectivity index (χ1) is 14.0. The minimum Gasteiger partial charge on any atom is -0.394 e. The Morgan fingerprint density at radius 1 is 1.17 bits per heavy atom. The van der Waals surface area contributed by atoms with E-state index in [9.17, 15) is 10.2 Å². The van der Waals surface area contributed by atoms with Crippen LogP contribution in [0.25, 0.3) is 11.2 Å². The molecule has 8 heteroatoms. The van der Waals surface area contributed by atoms with Gasteiger partial charge in [0, 0.05) is 11.7 Å². The number of anilines is 3. The summed E-state index contributed by atoms with van der Waals surface area (Å²) in [7, 11) is 0. The van der Waals surface area contributed by atoms with Crippen LogP contribution >= 0.6 is 0 Å². The lowest BCUT2D eigenvalue weighted by Gasteiger charge is -2.26. The number of aryl methyl sites for hydroxylation is 1. The number of aliphatic hydroxyl groups excluding tert-OH is 2. The molecule has 1 saturated carbocycles. The zero-order valence-electron chi connectivity index (χ0n) is 16.8. The Balaban J connectivity index is 1.67. The fraction of sp³-hybridized carbons (Fsp3) is 0.476. The molecular formula is C21H28N6O2. The maximum absolute atomic E-state index is 9.81. The number of aromatic nitrogens is 4. The number of aliphatic hydroxyl groups is 2. The van der Waals surface area contributed by atoms with Crippen LogP contribution in [-0.4, -0.2) is 48.5 Å². The smallest absolute Gasteiger partial charge is 0.224 e. The van der Waals surface area contributed by atoms with Crippen LogP contribution in [0.2, 0.25) is 0 Å². The first-order valence-electron chi connectivity index (χ1n) is 10.2. The molecule has 4 rings (SSSR count). The summed E-state index contributed by atoms with van der Waals surface area (Å²) >= 11 is 0. The molecule has 0 amide bonds. The average molecular weight is 396 g/mol. The Bertz CT molecular complexity index is 980.